The summed E-state index contributed by atoms with van der Waals surface area (Å²) in [4.78, 5) is 5.02. The van der Waals surface area contributed by atoms with Crippen LogP contribution in [0.4, 0.5) is 0 Å². The third-order valence-corrected chi connectivity index (χ3v) is 6.32. The van der Waals surface area contributed by atoms with E-state index in [1.54, 1.807) is 7.11 Å². The lowest BCUT2D eigenvalue weighted by Crippen LogP contribution is -2.12. The molecule has 166 valence electrons. The highest BCUT2D eigenvalue weighted by Crippen LogP contribution is 2.46. The van der Waals surface area contributed by atoms with Gasteiger partial charge in [-0.3, -0.25) is 4.99 Å². The van der Waals surface area contributed by atoms with Crippen LogP contribution in [0.2, 0.25) is 0 Å². The average Bonchev–Trinajstić information content (AvgIpc) is 3.06. The van der Waals surface area contributed by atoms with Gasteiger partial charge in [0.05, 0.1) is 7.11 Å². The van der Waals surface area contributed by atoms with Gasteiger partial charge in [0, 0.05) is 23.4 Å². The summed E-state index contributed by atoms with van der Waals surface area (Å²) in [5, 5.41) is 0. The molecule has 0 amide bonds. The summed E-state index contributed by atoms with van der Waals surface area (Å²) in [5.41, 5.74) is 9.36. The van der Waals surface area contributed by atoms with Gasteiger partial charge in [0.15, 0.2) is 0 Å². The predicted octanol–water partition coefficient (Wildman–Crippen LogP) is 7.91. The molecular formula is C32H27NO. The van der Waals surface area contributed by atoms with E-state index >= 15 is 0 Å². The van der Waals surface area contributed by atoms with E-state index in [0.29, 0.717) is 0 Å². The molecule has 0 N–H and O–H groups in total. The van der Waals surface area contributed by atoms with Crippen LogP contribution < -0.4 is 4.74 Å². The van der Waals surface area contributed by atoms with Crippen molar-refractivity contribution in [2.24, 2.45) is 4.99 Å². The highest BCUT2D eigenvalue weighted by molar-refractivity contribution is 6.21. The molecule has 2 heteroatoms. The Morgan fingerprint density at radius 2 is 1.18 bits per heavy atom. The fourth-order valence-corrected chi connectivity index (χ4v) is 4.69. The van der Waals surface area contributed by atoms with Crippen LogP contribution in [0.5, 0.6) is 5.75 Å². The number of benzene rings is 4. The fourth-order valence-electron chi connectivity index (χ4n) is 4.69. The largest absolute Gasteiger partial charge is 0.497 e. The van der Waals surface area contributed by atoms with Crippen LogP contribution in [-0.2, 0) is 0 Å². The molecule has 4 aromatic rings. The lowest BCUT2D eigenvalue weighted by atomic mass is 9.77. The molecule has 4 aromatic carbocycles. The smallest absolute Gasteiger partial charge is 0.118 e. The van der Waals surface area contributed by atoms with Crippen LogP contribution in [0.15, 0.2) is 126 Å². The van der Waals surface area contributed by atoms with E-state index in [-0.39, 0.29) is 5.92 Å². The third kappa shape index (κ3) is 4.23. The van der Waals surface area contributed by atoms with Crippen molar-refractivity contribution in [2.45, 2.75) is 12.8 Å². The third-order valence-electron chi connectivity index (χ3n) is 6.32. The Kier molecular flexibility index (Phi) is 6.22. The number of aliphatic imine (C=N–C) groups is 1. The first-order chi connectivity index (χ1) is 16.8. The first-order valence-electron chi connectivity index (χ1n) is 11.6. The number of allylic oxidation sites excluding steroid dienone is 3. The molecule has 0 aliphatic carbocycles. The van der Waals surface area contributed by atoms with Gasteiger partial charge >= 0.3 is 0 Å². The Morgan fingerprint density at radius 1 is 0.618 bits per heavy atom. The molecule has 1 heterocycles. The highest BCUT2D eigenvalue weighted by atomic mass is 16.5. The van der Waals surface area contributed by atoms with E-state index in [1.807, 2.05) is 18.3 Å². The van der Waals surface area contributed by atoms with Crippen LogP contribution in [-0.4, -0.2) is 12.8 Å². The predicted molar refractivity (Wildman–Crippen MR) is 143 cm³/mol. The molecule has 0 fully saturated rings. The van der Waals surface area contributed by atoms with E-state index < -0.39 is 0 Å². The maximum atomic E-state index is 5.42. The van der Waals surface area contributed by atoms with Gasteiger partial charge in [-0.05, 0) is 52.5 Å². The van der Waals surface area contributed by atoms with Gasteiger partial charge < -0.3 is 4.74 Å². The Hall–Kier alpha value is -4.17. The molecule has 1 aliphatic heterocycles. The summed E-state index contributed by atoms with van der Waals surface area (Å²) in [6.45, 7) is 2.14. The molecule has 0 saturated heterocycles. The van der Waals surface area contributed by atoms with Crippen molar-refractivity contribution in [2.75, 3.05) is 7.11 Å². The Morgan fingerprint density at radius 3 is 1.76 bits per heavy atom. The van der Waals surface area contributed by atoms with Crippen molar-refractivity contribution in [1.29, 1.82) is 0 Å². The van der Waals surface area contributed by atoms with Crippen LogP contribution in [0.25, 0.3) is 16.7 Å². The number of hydrogen-bond acceptors (Lipinski definition) is 2. The minimum atomic E-state index is 0.0332. The van der Waals surface area contributed by atoms with Crippen molar-refractivity contribution in [3.8, 4) is 5.75 Å². The average molecular weight is 442 g/mol. The minimum Gasteiger partial charge on any atom is -0.497 e. The number of ether oxygens (including phenoxy) is 1. The fraction of sp³-hybridized carbons (Fsp3) is 0.0938. The molecule has 5 rings (SSSR count). The SMILES string of the molecule is COc1ccc(C2=CN=C(C)C(c3ccccc3)C(c3ccccc3)=C2c2ccccc2)cc1. The molecule has 1 atom stereocenters. The van der Waals surface area contributed by atoms with Crippen LogP contribution in [0, 0.1) is 0 Å². The van der Waals surface area contributed by atoms with E-state index in [2.05, 4.69) is 110 Å². The van der Waals surface area contributed by atoms with Crippen molar-refractivity contribution in [1.82, 2.24) is 0 Å². The van der Waals surface area contributed by atoms with Gasteiger partial charge in [0.25, 0.3) is 0 Å². The Balaban J connectivity index is 1.86. The second kappa shape index (κ2) is 9.76. The van der Waals surface area contributed by atoms with Gasteiger partial charge in [-0.2, -0.15) is 0 Å². The molecule has 0 radical (unpaired) electrons. The van der Waals surface area contributed by atoms with Crippen LogP contribution in [0.1, 0.15) is 35.1 Å². The summed E-state index contributed by atoms with van der Waals surface area (Å²) >= 11 is 0. The monoisotopic (exact) mass is 441 g/mol. The first kappa shape index (κ1) is 21.7. The van der Waals surface area contributed by atoms with Gasteiger partial charge in [-0.25, -0.2) is 0 Å². The van der Waals surface area contributed by atoms with Crippen molar-refractivity contribution >= 4 is 22.4 Å². The highest BCUT2D eigenvalue weighted by Gasteiger charge is 2.29. The summed E-state index contributed by atoms with van der Waals surface area (Å²) in [7, 11) is 1.70. The maximum Gasteiger partial charge on any atom is 0.118 e. The molecule has 0 saturated carbocycles. The molecule has 0 aromatic heterocycles. The lowest BCUT2D eigenvalue weighted by molar-refractivity contribution is 0.415. The molecule has 1 aliphatic rings. The van der Waals surface area contributed by atoms with Gasteiger partial charge in [0.1, 0.15) is 5.75 Å². The van der Waals surface area contributed by atoms with Crippen LogP contribution >= 0.6 is 0 Å². The van der Waals surface area contributed by atoms with Crippen molar-refractivity contribution in [3.63, 3.8) is 0 Å². The van der Waals surface area contributed by atoms with E-state index in [0.717, 1.165) is 22.6 Å². The normalized spacial score (nSPS) is 15.9. The summed E-state index contributed by atoms with van der Waals surface area (Å²) < 4.78 is 5.42. The van der Waals surface area contributed by atoms with Gasteiger partial charge in [-0.1, -0.05) is 103 Å². The van der Waals surface area contributed by atoms with Crippen molar-refractivity contribution in [3.05, 3.63) is 144 Å². The topological polar surface area (TPSA) is 21.6 Å². The van der Waals surface area contributed by atoms with E-state index in [1.165, 1.54) is 27.8 Å². The van der Waals surface area contributed by atoms with E-state index in [9.17, 15) is 0 Å². The Bertz CT molecular complexity index is 1350. The molecular weight excluding hydrogens is 414 g/mol. The second-order valence-corrected chi connectivity index (χ2v) is 8.41. The molecule has 2 nitrogen and oxygen atoms in total. The summed E-state index contributed by atoms with van der Waals surface area (Å²) in [5.74, 6) is 0.874. The second-order valence-electron chi connectivity index (χ2n) is 8.41. The number of rotatable bonds is 5. The molecule has 34 heavy (non-hydrogen) atoms. The molecule has 0 bridgehead atoms. The summed E-state index contributed by atoms with van der Waals surface area (Å²) in [6.07, 6.45) is 2.03. The first-order valence-corrected chi connectivity index (χ1v) is 11.6. The quantitative estimate of drug-likeness (QED) is 0.308. The number of methoxy groups -OCH3 is 1. The van der Waals surface area contributed by atoms with E-state index in [4.69, 9.17) is 9.73 Å². The zero-order valence-corrected chi connectivity index (χ0v) is 19.5. The van der Waals surface area contributed by atoms with Gasteiger partial charge in [-0.15, -0.1) is 0 Å². The van der Waals surface area contributed by atoms with Gasteiger partial charge in [0.2, 0.25) is 0 Å². The standard InChI is InChI=1S/C32H27NO/c1-23-30(25-12-6-3-7-13-25)32(27-16-10-5-11-17-27)31(26-14-8-4-9-15-26)29(22-33-23)24-18-20-28(34-2)21-19-24/h3-22,30H,1-2H3. The van der Waals surface area contributed by atoms with Crippen LogP contribution in [0.3, 0.4) is 0 Å². The zero-order chi connectivity index (χ0) is 23.3. The maximum absolute atomic E-state index is 5.42. The number of nitrogens with zero attached hydrogens (tertiary/aromatic N) is 1. The minimum absolute atomic E-state index is 0.0332. The summed E-state index contributed by atoms with van der Waals surface area (Å²) in [6, 6.07) is 40.3. The molecule has 0 spiro atoms. The molecule has 1 unspecified atom stereocenters. The number of hydrogen-bond donors (Lipinski definition) is 0. The lowest BCUT2D eigenvalue weighted by Gasteiger charge is -2.25. The van der Waals surface area contributed by atoms with Crippen molar-refractivity contribution < 1.29 is 4.74 Å². The zero-order valence-electron chi connectivity index (χ0n) is 19.5. The Labute approximate surface area is 201 Å².